The van der Waals surface area contributed by atoms with Crippen LogP contribution in [-0.4, -0.2) is 37.0 Å². The molecule has 0 aliphatic carbocycles. The van der Waals surface area contributed by atoms with Gasteiger partial charge in [0.15, 0.2) is 0 Å². The van der Waals surface area contributed by atoms with Crippen molar-refractivity contribution in [1.82, 2.24) is 4.90 Å². The van der Waals surface area contributed by atoms with E-state index in [9.17, 15) is 9.59 Å². The van der Waals surface area contributed by atoms with E-state index in [2.05, 4.69) is 4.74 Å². The molecule has 18 heavy (non-hydrogen) atoms. The van der Waals surface area contributed by atoms with E-state index in [1.807, 2.05) is 13.8 Å². The number of carbonyl (C=O) groups is 2. The molecule has 0 spiro atoms. The highest BCUT2D eigenvalue weighted by Crippen LogP contribution is 2.10. The average Bonchev–Trinajstić information content (AvgIpc) is 2.44. The van der Waals surface area contributed by atoms with Crippen molar-refractivity contribution in [2.24, 2.45) is 0 Å². The molecule has 4 heteroatoms. The van der Waals surface area contributed by atoms with Crippen LogP contribution >= 0.6 is 0 Å². The molecule has 1 amide bonds. The standard InChI is InChI=1S/C14H19NO3/c1-5-10(2)15(3)13(16)11-6-8-12(9-7-11)14(17)18-4/h6-10H,5H2,1-4H3/t10-/m0/s1. The third-order valence-electron chi connectivity index (χ3n) is 3.13. The first-order chi connectivity index (χ1) is 8.51. The third-order valence-corrected chi connectivity index (χ3v) is 3.13. The Balaban J connectivity index is 2.85. The van der Waals surface area contributed by atoms with Crippen molar-refractivity contribution >= 4 is 11.9 Å². The molecule has 0 saturated carbocycles. The number of carbonyl (C=O) groups excluding carboxylic acids is 2. The number of hydrogen-bond acceptors (Lipinski definition) is 3. The van der Waals surface area contributed by atoms with E-state index in [0.29, 0.717) is 11.1 Å². The summed E-state index contributed by atoms with van der Waals surface area (Å²) in [7, 11) is 3.11. The Bertz CT molecular complexity index is 425. The summed E-state index contributed by atoms with van der Waals surface area (Å²) in [5, 5.41) is 0. The lowest BCUT2D eigenvalue weighted by molar-refractivity contribution is 0.0599. The molecule has 1 aromatic carbocycles. The molecule has 1 aromatic rings. The highest BCUT2D eigenvalue weighted by molar-refractivity contribution is 5.96. The normalized spacial score (nSPS) is 11.8. The van der Waals surface area contributed by atoms with Gasteiger partial charge in [0.25, 0.3) is 5.91 Å². The van der Waals surface area contributed by atoms with Crippen molar-refractivity contribution in [1.29, 1.82) is 0 Å². The molecule has 0 unspecified atom stereocenters. The zero-order valence-electron chi connectivity index (χ0n) is 11.3. The Hall–Kier alpha value is -1.84. The first-order valence-corrected chi connectivity index (χ1v) is 5.96. The van der Waals surface area contributed by atoms with Gasteiger partial charge in [-0.05, 0) is 37.6 Å². The monoisotopic (exact) mass is 249 g/mol. The lowest BCUT2D eigenvalue weighted by Crippen LogP contribution is -2.34. The molecule has 0 aliphatic rings. The number of benzene rings is 1. The highest BCUT2D eigenvalue weighted by Gasteiger charge is 2.16. The average molecular weight is 249 g/mol. The van der Waals surface area contributed by atoms with Crippen LogP contribution in [0.4, 0.5) is 0 Å². The Labute approximate surface area is 108 Å². The van der Waals surface area contributed by atoms with Crippen LogP contribution in [0.15, 0.2) is 24.3 Å². The second-order valence-corrected chi connectivity index (χ2v) is 4.24. The number of nitrogens with zero attached hydrogens (tertiary/aromatic N) is 1. The summed E-state index contributed by atoms with van der Waals surface area (Å²) in [4.78, 5) is 25.1. The Morgan fingerprint density at radius 3 is 2.17 bits per heavy atom. The maximum absolute atomic E-state index is 12.1. The molecule has 0 aromatic heterocycles. The molecule has 98 valence electrons. The predicted octanol–water partition coefficient (Wildman–Crippen LogP) is 2.34. The van der Waals surface area contributed by atoms with E-state index in [-0.39, 0.29) is 11.9 Å². The minimum absolute atomic E-state index is 0.0410. The molecule has 0 fully saturated rings. The van der Waals surface area contributed by atoms with Crippen LogP contribution in [-0.2, 0) is 4.74 Å². The first kappa shape index (κ1) is 14.2. The van der Waals surface area contributed by atoms with Gasteiger partial charge < -0.3 is 9.64 Å². The van der Waals surface area contributed by atoms with Crippen LogP contribution in [0.3, 0.4) is 0 Å². The number of ether oxygens (including phenoxy) is 1. The first-order valence-electron chi connectivity index (χ1n) is 5.96. The van der Waals surface area contributed by atoms with Crippen LogP contribution in [0.25, 0.3) is 0 Å². The van der Waals surface area contributed by atoms with Crippen LogP contribution < -0.4 is 0 Å². The summed E-state index contributed by atoms with van der Waals surface area (Å²) in [5.74, 6) is -0.440. The van der Waals surface area contributed by atoms with Gasteiger partial charge in [-0.25, -0.2) is 4.79 Å². The van der Waals surface area contributed by atoms with E-state index in [1.54, 1.807) is 36.2 Å². The predicted molar refractivity (Wildman–Crippen MR) is 69.6 cm³/mol. The van der Waals surface area contributed by atoms with E-state index in [0.717, 1.165) is 6.42 Å². The lowest BCUT2D eigenvalue weighted by Gasteiger charge is -2.23. The quantitative estimate of drug-likeness (QED) is 0.769. The van der Waals surface area contributed by atoms with Crippen LogP contribution in [0.1, 0.15) is 41.0 Å². The number of methoxy groups -OCH3 is 1. The minimum Gasteiger partial charge on any atom is -0.465 e. The number of hydrogen-bond donors (Lipinski definition) is 0. The van der Waals surface area contributed by atoms with E-state index in [4.69, 9.17) is 0 Å². The van der Waals surface area contributed by atoms with Crippen LogP contribution in [0.2, 0.25) is 0 Å². The summed E-state index contributed by atoms with van der Waals surface area (Å²) >= 11 is 0. The number of esters is 1. The molecule has 1 atom stereocenters. The molecule has 0 saturated heterocycles. The molecule has 4 nitrogen and oxygen atoms in total. The van der Waals surface area contributed by atoms with E-state index >= 15 is 0 Å². The number of rotatable bonds is 4. The van der Waals surface area contributed by atoms with Crippen molar-refractivity contribution in [3.8, 4) is 0 Å². The SMILES string of the molecule is CC[C@H](C)N(C)C(=O)c1ccc(C(=O)OC)cc1. The zero-order valence-corrected chi connectivity index (χ0v) is 11.3. The van der Waals surface area contributed by atoms with Crippen molar-refractivity contribution in [2.45, 2.75) is 26.3 Å². The molecular formula is C14H19NO3. The maximum atomic E-state index is 12.1. The number of amides is 1. The summed E-state index contributed by atoms with van der Waals surface area (Å²) < 4.78 is 4.61. The van der Waals surface area contributed by atoms with E-state index in [1.165, 1.54) is 7.11 Å². The molecule has 0 radical (unpaired) electrons. The van der Waals surface area contributed by atoms with Gasteiger partial charge in [0.2, 0.25) is 0 Å². The van der Waals surface area contributed by atoms with Crippen molar-refractivity contribution in [3.63, 3.8) is 0 Å². The van der Waals surface area contributed by atoms with Crippen molar-refractivity contribution in [2.75, 3.05) is 14.2 Å². The van der Waals surface area contributed by atoms with Gasteiger partial charge in [0.05, 0.1) is 12.7 Å². The van der Waals surface area contributed by atoms with Gasteiger partial charge in [-0.3, -0.25) is 4.79 Å². The second kappa shape index (κ2) is 6.19. The Kier molecular flexibility index (Phi) is 4.89. The third kappa shape index (κ3) is 3.09. The molecule has 0 N–H and O–H groups in total. The fourth-order valence-corrected chi connectivity index (χ4v) is 1.54. The van der Waals surface area contributed by atoms with Crippen LogP contribution in [0, 0.1) is 0 Å². The molecular weight excluding hydrogens is 230 g/mol. The van der Waals surface area contributed by atoms with Gasteiger partial charge in [-0.15, -0.1) is 0 Å². The van der Waals surface area contributed by atoms with Crippen molar-refractivity contribution in [3.05, 3.63) is 35.4 Å². The molecule has 0 bridgehead atoms. The smallest absolute Gasteiger partial charge is 0.337 e. The fraction of sp³-hybridized carbons (Fsp3) is 0.429. The van der Waals surface area contributed by atoms with Gasteiger partial charge in [0.1, 0.15) is 0 Å². The van der Waals surface area contributed by atoms with Gasteiger partial charge in [-0.2, -0.15) is 0 Å². The summed E-state index contributed by atoms with van der Waals surface area (Å²) in [6, 6.07) is 6.69. The van der Waals surface area contributed by atoms with Crippen LogP contribution in [0.5, 0.6) is 0 Å². The molecule has 1 rings (SSSR count). The minimum atomic E-state index is -0.399. The topological polar surface area (TPSA) is 46.6 Å². The zero-order chi connectivity index (χ0) is 13.7. The van der Waals surface area contributed by atoms with Gasteiger partial charge in [-0.1, -0.05) is 6.92 Å². The maximum Gasteiger partial charge on any atom is 0.337 e. The largest absolute Gasteiger partial charge is 0.465 e. The molecule has 0 aliphatic heterocycles. The Morgan fingerprint density at radius 1 is 1.22 bits per heavy atom. The second-order valence-electron chi connectivity index (χ2n) is 4.24. The Morgan fingerprint density at radius 2 is 1.72 bits per heavy atom. The molecule has 0 heterocycles. The van der Waals surface area contributed by atoms with Crippen molar-refractivity contribution < 1.29 is 14.3 Å². The lowest BCUT2D eigenvalue weighted by atomic mass is 10.1. The van der Waals surface area contributed by atoms with Gasteiger partial charge >= 0.3 is 5.97 Å². The van der Waals surface area contributed by atoms with Gasteiger partial charge in [0, 0.05) is 18.7 Å². The summed E-state index contributed by atoms with van der Waals surface area (Å²) in [6.45, 7) is 4.04. The van der Waals surface area contributed by atoms with E-state index < -0.39 is 5.97 Å². The fourth-order valence-electron chi connectivity index (χ4n) is 1.54. The summed E-state index contributed by atoms with van der Waals surface area (Å²) in [5.41, 5.74) is 1.02. The summed E-state index contributed by atoms with van der Waals surface area (Å²) in [6.07, 6.45) is 0.905. The highest BCUT2D eigenvalue weighted by atomic mass is 16.5.